The van der Waals surface area contributed by atoms with E-state index in [1.807, 2.05) is 30.3 Å². The molecule has 0 spiro atoms. The number of ether oxygens (including phenoxy) is 2. The number of amides is 1. The molecule has 32 heavy (non-hydrogen) atoms. The van der Waals surface area contributed by atoms with E-state index in [1.54, 1.807) is 23.1 Å². The molecule has 2 heterocycles. The number of pyridine rings is 1. The van der Waals surface area contributed by atoms with Gasteiger partial charge >= 0.3 is 0 Å². The average Bonchev–Trinajstić information content (AvgIpc) is 3.51. The molecule has 0 saturated heterocycles. The van der Waals surface area contributed by atoms with Crippen LogP contribution in [0, 0.1) is 5.92 Å². The van der Waals surface area contributed by atoms with Crippen molar-refractivity contribution in [2.24, 2.45) is 5.92 Å². The highest BCUT2D eigenvalue weighted by Gasteiger charge is 2.22. The summed E-state index contributed by atoms with van der Waals surface area (Å²) in [4.78, 5) is 21.1. The second-order valence-electron chi connectivity index (χ2n) is 7.70. The molecule has 3 aromatic rings. The summed E-state index contributed by atoms with van der Waals surface area (Å²) < 4.78 is 13.2. The second kappa shape index (κ2) is 9.80. The van der Waals surface area contributed by atoms with Crippen molar-refractivity contribution in [2.75, 3.05) is 20.8 Å². The fourth-order valence-corrected chi connectivity index (χ4v) is 2.98. The number of hydrogen-bond donors (Lipinski definition) is 1. The van der Waals surface area contributed by atoms with Gasteiger partial charge in [0.05, 0.1) is 44.3 Å². The molecule has 1 atom stereocenters. The SMILES string of the molecule is CON(C)C(=O)CC(O)c1cnn(-c2ccc(Oc3cccc(OCC4CC4)c3)nc2)c1. The highest BCUT2D eigenvalue weighted by molar-refractivity contribution is 5.75. The molecule has 1 aromatic carbocycles. The Bertz CT molecular complexity index is 1050. The predicted octanol–water partition coefficient (Wildman–Crippen LogP) is 3.29. The number of hydroxylamine groups is 2. The van der Waals surface area contributed by atoms with Gasteiger partial charge in [-0.25, -0.2) is 14.7 Å². The minimum absolute atomic E-state index is 0.107. The van der Waals surface area contributed by atoms with E-state index in [0.717, 1.165) is 17.4 Å². The molecule has 0 radical (unpaired) electrons. The van der Waals surface area contributed by atoms with Crippen LogP contribution < -0.4 is 9.47 Å². The average molecular weight is 438 g/mol. The number of rotatable bonds is 10. The maximum atomic E-state index is 11.9. The molecule has 2 aromatic heterocycles. The third-order valence-electron chi connectivity index (χ3n) is 5.18. The molecule has 1 aliphatic carbocycles. The minimum atomic E-state index is -0.987. The van der Waals surface area contributed by atoms with Gasteiger partial charge in [-0.3, -0.25) is 9.63 Å². The number of benzene rings is 1. The highest BCUT2D eigenvalue weighted by atomic mass is 16.7. The lowest BCUT2D eigenvalue weighted by atomic mass is 10.1. The van der Waals surface area contributed by atoms with Gasteiger partial charge in [0.15, 0.2) is 0 Å². The summed E-state index contributed by atoms with van der Waals surface area (Å²) in [5.74, 6) is 2.22. The van der Waals surface area contributed by atoms with E-state index < -0.39 is 6.10 Å². The fourth-order valence-electron chi connectivity index (χ4n) is 2.98. The van der Waals surface area contributed by atoms with Crippen LogP contribution in [0.25, 0.3) is 5.69 Å². The minimum Gasteiger partial charge on any atom is -0.493 e. The van der Waals surface area contributed by atoms with E-state index in [9.17, 15) is 9.90 Å². The van der Waals surface area contributed by atoms with Crippen LogP contribution in [0.5, 0.6) is 17.4 Å². The Kier molecular flexibility index (Phi) is 6.67. The summed E-state index contributed by atoms with van der Waals surface area (Å²) in [7, 11) is 2.88. The molecule has 4 rings (SSSR count). The lowest BCUT2D eigenvalue weighted by Gasteiger charge is -2.15. The lowest BCUT2D eigenvalue weighted by Crippen LogP contribution is -2.26. The maximum Gasteiger partial charge on any atom is 0.248 e. The van der Waals surface area contributed by atoms with Gasteiger partial charge in [-0.15, -0.1) is 0 Å². The zero-order valence-corrected chi connectivity index (χ0v) is 18.0. The van der Waals surface area contributed by atoms with Crippen LogP contribution in [0.3, 0.4) is 0 Å². The zero-order valence-electron chi connectivity index (χ0n) is 18.0. The molecule has 0 bridgehead atoms. The normalized spacial score (nSPS) is 14.1. The Hall–Kier alpha value is -3.43. The van der Waals surface area contributed by atoms with Gasteiger partial charge < -0.3 is 14.6 Å². The van der Waals surface area contributed by atoms with Crippen molar-refractivity contribution < 1.29 is 24.2 Å². The van der Waals surface area contributed by atoms with Crippen LogP contribution in [-0.2, 0) is 9.63 Å². The van der Waals surface area contributed by atoms with Crippen LogP contribution in [0.2, 0.25) is 0 Å². The van der Waals surface area contributed by atoms with E-state index in [-0.39, 0.29) is 12.3 Å². The molecule has 1 aliphatic rings. The van der Waals surface area contributed by atoms with Crippen LogP contribution in [0.1, 0.15) is 30.9 Å². The Morgan fingerprint density at radius 2 is 2.06 bits per heavy atom. The van der Waals surface area contributed by atoms with Crippen molar-refractivity contribution in [3.05, 3.63) is 60.6 Å². The molecule has 1 fully saturated rings. The highest BCUT2D eigenvalue weighted by Crippen LogP contribution is 2.31. The number of hydrogen-bond acceptors (Lipinski definition) is 7. The predicted molar refractivity (Wildman–Crippen MR) is 115 cm³/mol. The van der Waals surface area contributed by atoms with Crippen molar-refractivity contribution in [3.8, 4) is 23.1 Å². The summed E-state index contributed by atoms with van der Waals surface area (Å²) >= 11 is 0. The number of aliphatic hydroxyl groups excluding tert-OH is 1. The Morgan fingerprint density at radius 1 is 1.25 bits per heavy atom. The van der Waals surface area contributed by atoms with Gasteiger partial charge in [0.25, 0.3) is 0 Å². The van der Waals surface area contributed by atoms with Gasteiger partial charge in [0, 0.05) is 30.9 Å². The number of aliphatic hydroxyl groups is 1. The molecule has 168 valence electrons. The first kappa shape index (κ1) is 21.8. The van der Waals surface area contributed by atoms with E-state index in [2.05, 4.69) is 10.1 Å². The number of aromatic nitrogens is 3. The van der Waals surface area contributed by atoms with Crippen molar-refractivity contribution >= 4 is 5.91 Å². The Morgan fingerprint density at radius 3 is 2.78 bits per heavy atom. The molecule has 1 amide bonds. The monoisotopic (exact) mass is 438 g/mol. The first-order chi connectivity index (χ1) is 15.5. The lowest BCUT2D eigenvalue weighted by molar-refractivity contribution is -0.170. The second-order valence-corrected chi connectivity index (χ2v) is 7.70. The van der Waals surface area contributed by atoms with Crippen molar-refractivity contribution in [2.45, 2.75) is 25.4 Å². The first-order valence-corrected chi connectivity index (χ1v) is 10.4. The summed E-state index contributed by atoms with van der Waals surface area (Å²) in [5.41, 5.74) is 1.21. The van der Waals surface area contributed by atoms with Crippen molar-refractivity contribution in [3.63, 3.8) is 0 Å². The largest absolute Gasteiger partial charge is 0.493 e. The topological polar surface area (TPSA) is 98.9 Å². The number of nitrogens with zero attached hydrogens (tertiary/aromatic N) is 4. The summed E-state index contributed by atoms with van der Waals surface area (Å²) in [6, 6.07) is 11.0. The number of carbonyl (C=O) groups is 1. The summed E-state index contributed by atoms with van der Waals surface area (Å²) in [6.45, 7) is 0.744. The van der Waals surface area contributed by atoms with Gasteiger partial charge in [-0.2, -0.15) is 5.10 Å². The van der Waals surface area contributed by atoms with Crippen LogP contribution in [0.4, 0.5) is 0 Å². The molecular weight excluding hydrogens is 412 g/mol. The van der Waals surface area contributed by atoms with Gasteiger partial charge in [-0.05, 0) is 37.0 Å². The van der Waals surface area contributed by atoms with E-state index in [0.29, 0.717) is 28.8 Å². The smallest absolute Gasteiger partial charge is 0.248 e. The van der Waals surface area contributed by atoms with Crippen LogP contribution >= 0.6 is 0 Å². The van der Waals surface area contributed by atoms with E-state index in [1.165, 1.54) is 33.2 Å². The van der Waals surface area contributed by atoms with Crippen molar-refractivity contribution in [1.82, 2.24) is 19.8 Å². The fraction of sp³-hybridized carbons (Fsp3) is 0.348. The van der Waals surface area contributed by atoms with Gasteiger partial charge in [0.2, 0.25) is 11.8 Å². The molecule has 9 heteroatoms. The van der Waals surface area contributed by atoms with E-state index >= 15 is 0 Å². The Balaban J connectivity index is 1.36. The molecule has 9 nitrogen and oxygen atoms in total. The summed E-state index contributed by atoms with van der Waals surface area (Å²) in [6.07, 6.45) is 6.18. The molecule has 1 N–H and O–H groups in total. The zero-order chi connectivity index (χ0) is 22.5. The molecule has 1 saturated carbocycles. The Labute approximate surface area is 186 Å². The maximum absolute atomic E-state index is 11.9. The van der Waals surface area contributed by atoms with E-state index in [4.69, 9.17) is 14.3 Å². The quantitative estimate of drug-likeness (QED) is 0.485. The molecule has 0 aliphatic heterocycles. The van der Waals surface area contributed by atoms with Crippen molar-refractivity contribution in [1.29, 1.82) is 0 Å². The third-order valence-corrected chi connectivity index (χ3v) is 5.18. The summed E-state index contributed by atoms with van der Waals surface area (Å²) in [5, 5.41) is 15.6. The molecular formula is C23H26N4O5. The van der Waals surface area contributed by atoms with Crippen LogP contribution in [-0.4, -0.2) is 51.6 Å². The molecule has 1 unspecified atom stereocenters. The standard InChI is InChI=1S/C23H26N4O5/c1-26(30-2)23(29)11-21(28)17-12-25-27(14-17)18-8-9-22(24-13-18)32-20-5-3-4-19(10-20)31-15-16-6-7-16/h3-5,8-10,12-14,16,21,28H,6-7,11,15H2,1-2H3. The van der Waals surface area contributed by atoms with Crippen LogP contribution in [0.15, 0.2) is 55.0 Å². The third kappa shape index (κ3) is 5.63. The van der Waals surface area contributed by atoms with Gasteiger partial charge in [-0.1, -0.05) is 6.07 Å². The first-order valence-electron chi connectivity index (χ1n) is 10.4. The number of carbonyl (C=O) groups excluding carboxylic acids is 1. The van der Waals surface area contributed by atoms with Gasteiger partial charge in [0.1, 0.15) is 11.5 Å².